The van der Waals surface area contributed by atoms with Gasteiger partial charge >= 0.3 is 5.97 Å². The fourth-order valence-corrected chi connectivity index (χ4v) is 2.91. The molecule has 0 aliphatic carbocycles. The van der Waals surface area contributed by atoms with Gasteiger partial charge in [-0.05, 0) is 30.3 Å². The molecule has 112 valence electrons. The number of hydrogen-bond donors (Lipinski definition) is 3. The van der Waals surface area contributed by atoms with Crippen molar-refractivity contribution in [1.82, 2.24) is 4.72 Å². The molecule has 0 aliphatic rings. The highest BCUT2D eigenvalue weighted by Gasteiger charge is 2.18. The predicted octanol–water partition coefficient (Wildman–Crippen LogP) is 1.08. The molecule has 4 N–H and O–H groups in total. The topological polar surface area (TPSA) is 123 Å². The normalized spacial score (nSPS) is 11.4. The fourth-order valence-electron chi connectivity index (χ4n) is 1.77. The summed E-state index contributed by atoms with van der Waals surface area (Å²) in [7, 11) is -3.80. The molecule has 7 nitrogen and oxygen atoms in total. The van der Waals surface area contributed by atoms with E-state index in [1.165, 1.54) is 18.4 Å². The first-order chi connectivity index (χ1) is 9.90. The number of benzene rings is 1. The lowest BCUT2D eigenvalue weighted by Gasteiger charge is -2.09. The largest absolute Gasteiger partial charge is 0.478 e. The van der Waals surface area contributed by atoms with Crippen LogP contribution in [0.2, 0.25) is 0 Å². The Kier molecular flexibility index (Phi) is 4.29. The maximum absolute atomic E-state index is 12.1. The highest BCUT2D eigenvalue weighted by molar-refractivity contribution is 7.89. The zero-order valence-electron chi connectivity index (χ0n) is 10.9. The first-order valence-electron chi connectivity index (χ1n) is 6.05. The second-order valence-electron chi connectivity index (χ2n) is 4.28. The first kappa shape index (κ1) is 15.1. The summed E-state index contributed by atoms with van der Waals surface area (Å²) >= 11 is 0. The third-order valence-corrected chi connectivity index (χ3v) is 4.32. The van der Waals surface area contributed by atoms with Gasteiger partial charge < -0.3 is 15.3 Å². The van der Waals surface area contributed by atoms with Crippen molar-refractivity contribution in [2.75, 3.05) is 12.3 Å². The van der Waals surface area contributed by atoms with E-state index in [2.05, 4.69) is 4.72 Å². The predicted molar refractivity (Wildman–Crippen MR) is 75.4 cm³/mol. The summed E-state index contributed by atoms with van der Waals surface area (Å²) in [4.78, 5) is 10.6. The molecule has 1 heterocycles. The van der Waals surface area contributed by atoms with Crippen molar-refractivity contribution in [3.8, 4) is 0 Å². The molecule has 0 unspecified atom stereocenters. The zero-order valence-corrected chi connectivity index (χ0v) is 11.8. The summed E-state index contributed by atoms with van der Waals surface area (Å²) in [6.07, 6.45) is 1.91. The number of carbonyl (C=O) groups is 1. The number of nitrogens with one attached hydrogen (secondary N) is 1. The molecule has 1 aromatic carbocycles. The number of hydrogen-bond acceptors (Lipinski definition) is 5. The third kappa shape index (κ3) is 3.61. The van der Waals surface area contributed by atoms with E-state index in [0.29, 0.717) is 12.2 Å². The van der Waals surface area contributed by atoms with Crippen LogP contribution in [0.15, 0.2) is 45.9 Å². The highest BCUT2D eigenvalue weighted by atomic mass is 32.2. The summed E-state index contributed by atoms with van der Waals surface area (Å²) < 4.78 is 31.7. The number of rotatable bonds is 6. The maximum atomic E-state index is 12.1. The first-order valence-corrected chi connectivity index (χ1v) is 7.53. The van der Waals surface area contributed by atoms with Crippen molar-refractivity contribution in [3.63, 3.8) is 0 Å². The minimum absolute atomic E-state index is 0.0676. The number of sulfonamides is 1. The van der Waals surface area contributed by atoms with Crippen molar-refractivity contribution in [1.29, 1.82) is 0 Å². The van der Waals surface area contributed by atoms with Crippen molar-refractivity contribution in [2.24, 2.45) is 0 Å². The van der Waals surface area contributed by atoms with Crippen molar-refractivity contribution in [2.45, 2.75) is 11.3 Å². The standard InChI is InChI=1S/C13H14N2O5S/c14-11-8-9(13(16)17)3-4-12(11)21(18,19)15-6-5-10-2-1-7-20-10/h1-4,7-8,15H,5-6,14H2,(H,16,17). The molecule has 0 saturated heterocycles. The van der Waals surface area contributed by atoms with Gasteiger partial charge in [-0.1, -0.05) is 0 Å². The van der Waals surface area contributed by atoms with E-state index in [-0.39, 0.29) is 22.7 Å². The Balaban J connectivity index is 2.10. The van der Waals surface area contributed by atoms with Crippen LogP contribution >= 0.6 is 0 Å². The van der Waals surface area contributed by atoms with Crippen molar-refractivity contribution >= 4 is 21.7 Å². The molecule has 0 atom stereocenters. The van der Waals surface area contributed by atoms with Gasteiger partial charge in [0.15, 0.2) is 0 Å². The summed E-state index contributed by atoms with van der Waals surface area (Å²) in [5.41, 5.74) is 5.43. The van der Waals surface area contributed by atoms with Gasteiger partial charge in [-0.15, -0.1) is 0 Å². The summed E-state index contributed by atoms with van der Waals surface area (Å²) in [6, 6.07) is 6.94. The van der Waals surface area contributed by atoms with Gasteiger partial charge in [-0.2, -0.15) is 0 Å². The number of furan rings is 1. The van der Waals surface area contributed by atoms with Crippen LogP contribution in [0.3, 0.4) is 0 Å². The Hall–Kier alpha value is -2.32. The minimum atomic E-state index is -3.80. The molecule has 0 radical (unpaired) electrons. The Bertz CT molecular complexity index is 738. The van der Waals surface area contributed by atoms with Gasteiger partial charge in [0.1, 0.15) is 10.7 Å². The molecular weight excluding hydrogens is 296 g/mol. The van der Waals surface area contributed by atoms with E-state index < -0.39 is 16.0 Å². The van der Waals surface area contributed by atoms with Crippen LogP contribution in [0.25, 0.3) is 0 Å². The second kappa shape index (κ2) is 5.98. The van der Waals surface area contributed by atoms with Crippen LogP contribution in [-0.4, -0.2) is 26.0 Å². The van der Waals surface area contributed by atoms with Crippen LogP contribution in [0.4, 0.5) is 5.69 Å². The minimum Gasteiger partial charge on any atom is -0.478 e. The van der Waals surface area contributed by atoms with Crippen LogP contribution in [0.1, 0.15) is 16.1 Å². The van der Waals surface area contributed by atoms with Crippen molar-refractivity contribution in [3.05, 3.63) is 47.9 Å². The zero-order chi connectivity index (χ0) is 15.5. The van der Waals surface area contributed by atoms with Gasteiger partial charge in [0.05, 0.1) is 17.5 Å². The van der Waals surface area contributed by atoms with Gasteiger partial charge in [0.25, 0.3) is 0 Å². The Morgan fingerprint density at radius 1 is 1.33 bits per heavy atom. The van der Waals surface area contributed by atoms with Gasteiger partial charge in [0.2, 0.25) is 10.0 Å². The Morgan fingerprint density at radius 3 is 2.67 bits per heavy atom. The average molecular weight is 310 g/mol. The monoisotopic (exact) mass is 310 g/mol. The average Bonchev–Trinajstić information content (AvgIpc) is 2.91. The summed E-state index contributed by atoms with van der Waals surface area (Å²) in [5, 5.41) is 8.82. The maximum Gasteiger partial charge on any atom is 0.335 e. The molecule has 0 spiro atoms. The lowest BCUT2D eigenvalue weighted by Crippen LogP contribution is -2.26. The molecule has 2 aromatic rings. The molecule has 21 heavy (non-hydrogen) atoms. The second-order valence-corrected chi connectivity index (χ2v) is 6.02. The van der Waals surface area contributed by atoms with Crippen LogP contribution in [-0.2, 0) is 16.4 Å². The quantitative estimate of drug-likeness (QED) is 0.686. The highest BCUT2D eigenvalue weighted by Crippen LogP contribution is 2.19. The van der Waals surface area contributed by atoms with Gasteiger partial charge in [-0.3, -0.25) is 0 Å². The fraction of sp³-hybridized carbons (Fsp3) is 0.154. The van der Waals surface area contributed by atoms with Crippen LogP contribution < -0.4 is 10.5 Å². The van der Waals surface area contributed by atoms with Crippen molar-refractivity contribution < 1.29 is 22.7 Å². The van der Waals surface area contributed by atoms with Gasteiger partial charge in [-0.25, -0.2) is 17.9 Å². The van der Waals surface area contributed by atoms with E-state index in [1.807, 2.05) is 0 Å². The molecule has 8 heteroatoms. The lowest BCUT2D eigenvalue weighted by atomic mass is 10.2. The number of carboxylic acid groups (broad SMARTS) is 1. The molecule has 0 saturated carbocycles. The van der Waals surface area contributed by atoms with E-state index in [1.54, 1.807) is 12.1 Å². The third-order valence-electron chi connectivity index (χ3n) is 2.79. The molecule has 0 amide bonds. The number of aromatic carboxylic acids is 1. The molecule has 1 aromatic heterocycles. The number of anilines is 1. The smallest absolute Gasteiger partial charge is 0.335 e. The Labute approximate surface area is 121 Å². The van der Waals surface area contributed by atoms with Crippen LogP contribution in [0.5, 0.6) is 0 Å². The summed E-state index contributed by atoms with van der Waals surface area (Å²) in [6.45, 7) is 0.149. The molecule has 2 rings (SSSR count). The lowest BCUT2D eigenvalue weighted by molar-refractivity contribution is 0.0697. The SMILES string of the molecule is Nc1cc(C(=O)O)ccc1S(=O)(=O)NCCc1ccco1. The van der Waals surface area contributed by atoms with E-state index in [4.69, 9.17) is 15.3 Å². The Morgan fingerprint density at radius 2 is 2.10 bits per heavy atom. The van der Waals surface area contributed by atoms with E-state index >= 15 is 0 Å². The van der Waals surface area contributed by atoms with Crippen LogP contribution in [0, 0.1) is 0 Å². The molecular formula is C13H14N2O5S. The number of nitrogens with two attached hydrogens (primary N) is 1. The molecule has 0 fully saturated rings. The van der Waals surface area contributed by atoms with E-state index in [0.717, 1.165) is 6.07 Å². The van der Waals surface area contributed by atoms with Gasteiger partial charge in [0, 0.05) is 13.0 Å². The van der Waals surface area contributed by atoms with E-state index in [9.17, 15) is 13.2 Å². The summed E-state index contributed by atoms with van der Waals surface area (Å²) in [5.74, 6) is -0.511. The molecule has 0 aliphatic heterocycles. The molecule has 0 bridgehead atoms. The number of carboxylic acids is 1. The number of nitrogen functional groups attached to an aromatic ring is 1.